The maximum atomic E-state index is 15.0. The number of rotatable bonds is 19. The van der Waals surface area contributed by atoms with Gasteiger partial charge in [-0.05, 0) is 148 Å². The molecular formula is C56H63ClF3N5O10P2S2. The van der Waals surface area contributed by atoms with Gasteiger partial charge in [0.1, 0.15) is 0 Å². The van der Waals surface area contributed by atoms with Gasteiger partial charge in [0.25, 0.3) is 9.84 Å². The normalized spacial score (nSPS) is 18.4. The first kappa shape index (κ1) is 58.5. The second kappa shape index (κ2) is 24.2. The number of aromatic nitrogens is 1. The Hall–Kier alpha value is -5.11. The number of anilines is 3. The van der Waals surface area contributed by atoms with Crippen molar-refractivity contribution in [2.75, 3.05) is 79.2 Å². The Bertz CT molecular complexity index is 3350. The van der Waals surface area contributed by atoms with Crippen molar-refractivity contribution < 1.29 is 59.5 Å². The number of hydrogen-bond acceptors (Lipinski definition) is 11. The number of carboxylic acid groups (broad SMARTS) is 1. The van der Waals surface area contributed by atoms with E-state index in [4.69, 9.17) is 20.6 Å². The average Bonchev–Trinajstić information content (AvgIpc) is 4.14. The van der Waals surface area contributed by atoms with E-state index in [2.05, 4.69) is 19.3 Å². The highest BCUT2D eigenvalue weighted by molar-refractivity contribution is 7.99. The predicted octanol–water partition coefficient (Wildman–Crippen LogP) is 12.0. The number of phosphoric acid groups is 1. The van der Waals surface area contributed by atoms with E-state index in [1.807, 2.05) is 99.6 Å². The van der Waals surface area contributed by atoms with E-state index in [1.165, 1.54) is 28.6 Å². The highest BCUT2D eigenvalue weighted by Gasteiger charge is 2.49. The quantitative estimate of drug-likeness (QED) is 0.0514. The molecule has 3 aliphatic rings. The van der Waals surface area contributed by atoms with Crippen molar-refractivity contribution in [3.63, 3.8) is 0 Å². The molecule has 3 fully saturated rings. The van der Waals surface area contributed by atoms with E-state index < -0.39 is 47.7 Å². The number of aromatic carboxylic acids is 1. The van der Waals surface area contributed by atoms with Gasteiger partial charge in [0.15, 0.2) is 0 Å². The van der Waals surface area contributed by atoms with Crippen molar-refractivity contribution in [2.45, 2.75) is 73.9 Å². The molecule has 9 rings (SSSR count). The zero-order valence-electron chi connectivity index (χ0n) is 43.8. The fourth-order valence-corrected chi connectivity index (χ4v) is 16.1. The summed E-state index contributed by atoms with van der Waals surface area (Å²) in [6.07, 6.45) is 0.595. The van der Waals surface area contributed by atoms with Gasteiger partial charge >= 0.3 is 26.8 Å². The minimum absolute atomic E-state index is 0.0179. The van der Waals surface area contributed by atoms with Gasteiger partial charge in [-0.3, -0.25) is 13.8 Å². The Morgan fingerprint density at radius 2 is 1.48 bits per heavy atom. The Labute approximate surface area is 467 Å². The third-order valence-electron chi connectivity index (χ3n) is 14.9. The maximum Gasteiger partial charge on any atom is 0.501 e. The number of phosphoric ester groups is 1. The van der Waals surface area contributed by atoms with Crippen LogP contribution in [0.1, 0.15) is 60.8 Å². The number of piperazine rings is 1. The highest BCUT2D eigenvalue weighted by atomic mass is 35.5. The topological polar surface area (TPSA) is 182 Å². The molecule has 3 N–H and O–H groups in total. The predicted molar refractivity (Wildman–Crippen MR) is 305 cm³/mol. The number of halogens is 4. The summed E-state index contributed by atoms with van der Waals surface area (Å²) in [7, 11) is -14.7. The number of thioether (sulfide) groups is 1. The van der Waals surface area contributed by atoms with Gasteiger partial charge in [0, 0.05) is 89.3 Å². The van der Waals surface area contributed by atoms with Crippen LogP contribution in [0, 0.1) is 12.8 Å². The number of piperidine rings is 1. The second-order valence-corrected chi connectivity index (χ2v) is 27.3. The Balaban J connectivity index is 0.914. The minimum atomic E-state index is -5.94. The molecule has 2 atom stereocenters. The second-order valence-electron chi connectivity index (χ2n) is 20.3. The molecule has 422 valence electrons. The molecule has 0 radical (unpaired) electrons. The van der Waals surface area contributed by atoms with Crippen LogP contribution in [-0.4, -0.2) is 115 Å². The van der Waals surface area contributed by atoms with Crippen molar-refractivity contribution in [3.05, 3.63) is 143 Å². The molecule has 0 amide bonds. The van der Waals surface area contributed by atoms with Crippen LogP contribution in [0.5, 0.6) is 0 Å². The molecule has 0 aliphatic carbocycles. The summed E-state index contributed by atoms with van der Waals surface area (Å²) >= 11 is 7.78. The third-order valence-corrected chi connectivity index (χ3v) is 21.0. The van der Waals surface area contributed by atoms with Crippen LogP contribution in [0.3, 0.4) is 0 Å². The summed E-state index contributed by atoms with van der Waals surface area (Å²) in [4.78, 5) is 38.0. The number of benzene rings is 5. The molecule has 79 heavy (non-hydrogen) atoms. The lowest BCUT2D eigenvalue weighted by Gasteiger charge is -2.37. The van der Waals surface area contributed by atoms with E-state index in [-0.39, 0.29) is 48.0 Å². The smallest absolute Gasteiger partial charge is 0.478 e. The summed E-state index contributed by atoms with van der Waals surface area (Å²) in [5.74, 6) is -0.879. The van der Waals surface area contributed by atoms with Gasteiger partial charge in [-0.1, -0.05) is 60.1 Å². The molecule has 0 unspecified atom stereocenters. The van der Waals surface area contributed by atoms with E-state index in [0.29, 0.717) is 92.8 Å². The Morgan fingerprint density at radius 3 is 2.10 bits per heavy atom. The molecule has 0 saturated carbocycles. The lowest BCUT2D eigenvalue weighted by molar-refractivity contribution is -0.0436. The third kappa shape index (κ3) is 13.2. The number of nitrogens with zero attached hydrogens (tertiary/aromatic N) is 5. The zero-order chi connectivity index (χ0) is 56.4. The first-order valence-corrected chi connectivity index (χ1v) is 32.0. The molecule has 0 spiro atoms. The fraction of sp³-hybridized carbons (Fsp3) is 0.375. The average molecular weight is 1180 g/mol. The summed E-state index contributed by atoms with van der Waals surface area (Å²) in [6.45, 7) is 10.1. The first-order valence-electron chi connectivity index (χ1n) is 26.1. The largest absolute Gasteiger partial charge is 0.501 e. The number of carbonyl (C=O) groups is 1. The van der Waals surface area contributed by atoms with Crippen LogP contribution in [0.2, 0.25) is 5.02 Å². The van der Waals surface area contributed by atoms with Gasteiger partial charge < -0.3 is 38.7 Å². The summed E-state index contributed by atoms with van der Waals surface area (Å²) in [5, 5.41) is 11.0. The monoisotopic (exact) mass is 1180 g/mol. The number of hydrogen-bond donors (Lipinski definition) is 3. The first-order chi connectivity index (χ1) is 37.5. The van der Waals surface area contributed by atoms with Crippen molar-refractivity contribution in [1.29, 1.82) is 0 Å². The van der Waals surface area contributed by atoms with Crippen LogP contribution in [0.4, 0.5) is 30.2 Å². The van der Waals surface area contributed by atoms with Crippen molar-refractivity contribution in [1.82, 2.24) is 9.47 Å². The molecule has 1 aromatic heterocycles. The molecule has 15 nitrogen and oxygen atoms in total. The SMILES string of the molecule is Cc1c(C(=O)O)c(-c2cccc(N3CCN(c4ccc(N5CCO[P@]5(=O)c5ccc(C[C@H](CCN6CCC(OP(=O)(O)O)CC6)CSc6ccccc6)c(S(=O)(=O)C(F)(F)F)c5)cc4)CC3)c2)c(-c2ccc(Cl)cc2)n1C(C)C. The van der Waals surface area contributed by atoms with Crippen LogP contribution in [-0.2, 0) is 34.4 Å². The number of sulfone groups is 1. The van der Waals surface area contributed by atoms with Gasteiger partial charge in [0.05, 0.1) is 40.7 Å². The number of alkyl halides is 3. The van der Waals surface area contributed by atoms with Gasteiger partial charge in [-0.15, -0.1) is 11.8 Å². The minimum Gasteiger partial charge on any atom is -0.478 e. The van der Waals surface area contributed by atoms with Crippen molar-refractivity contribution in [2.24, 2.45) is 5.92 Å². The Morgan fingerprint density at radius 1 is 0.835 bits per heavy atom. The molecule has 23 heteroatoms. The molecule has 0 bridgehead atoms. The standard InChI is InChI=1S/C56H63ClF3N5O10P2S2/c1-38(2)65-39(3)52(55(66)67)53(54(65)41-12-15-44(57)16-13-41)43-8-7-9-47(35-43)63-30-28-62(29-31-63)45-17-19-46(20-18-45)64-32-33-74-76(64,68)49-21-14-42(51(36-49)79(72,73)56(58,59)60)34-40(37-78-50-10-5-4-6-11-50)22-25-61-26-23-48(24-27-61)75-77(69,70)71/h4-21,35-36,38,40,48H,22-34,37H2,1-3H3,(H,66,67)(H2,69,70,71)/t40-,76+/m0/s1. The summed E-state index contributed by atoms with van der Waals surface area (Å²) in [5.41, 5.74) is 0.558. The van der Waals surface area contributed by atoms with Gasteiger partial charge in [0.2, 0.25) is 0 Å². The zero-order valence-corrected chi connectivity index (χ0v) is 48.0. The maximum absolute atomic E-state index is 15.0. The number of likely N-dealkylation sites (tertiary alicyclic amines) is 1. The molecular weight excluding hydrogens is 1120 g/mol. The fourth-order valence-electron chi connectivity index (χ4n) is 11.0. The van der Waals surface area contributed by atoms with Crippen LogP contribution in [0.25, 0.3) is 22.4 Å². The van der Waals surface area contributed by atoms with E-state index in [0.717, 1.165) is 39.2 Å². The van der Waals surface area contributed by atoms with E-state index >= 15 is 4.57 Å². The number of carboxylic acids is 1. The van der Waals surface area contributed by atoms with Crippen molar-refractivity contribution in [3.8, 4) is 22.4 Å². The molecule has 6 aromatic rings. The van der Waals surface area contributed by atoms with Gasteiger partial charge in [-0.25, -0.2) is 17.8 Å². The molecule has 3 aliphatic heterocycles. The Kier molecular flexibility index (Phi) is 17.9. The molecule has 5 aromatic carbocycles. The summed E-state index contributed by atoms with van der Waals surface area (Å²) in [6, 6.07) is 35.7. The highest BCUT2D eigenvalue weighted by Crippen LogP contribution is 2.56. The van der Waals surface area contributed by atoms with Crippen molar-refractivity contribution >= 4 is 76.9 Å². The van der Waals surface area contributed by atoms with Crippen LogP contribution in [0.15, 0.2) is 131 Å². The lowest BCUT2D eigenvalue weighted by atomic mass is 9.96. The summed E-state index contributed by atoms with van der Waals surface area (Å²) < 4.78 is 112. The van der Waals surface area contributed by atoms with Gasteiger partial charge in [-0.2, -0.15) is 13.2 Å². The van der Waals surface area contributed by atoms with E-state index in [1.54, 1.807) is 24.3 Å². The van der Waals surface area contributed by atoms with Crippen LogP contribution >= 0.6 is 38.7 Å². The molecule has 3 saturated heterocycles. The van der Waals surface area contributed by atoms with E-state index in [9.17, 15) is 45.8 Å². The lowest BCUT2D eigenvalue weighted by Crippen LogP contribution is -2.46. The van der Waals surface area contributed by atoms with Crippen LogP contribution < -0.4 is 19.8 Å². The molecule has 4 heterocycles.